The van der Waals surface area contributed by atoms with Crippen LogP contribution in [-0.2, 0) is 11.3 Å². The molecule has 0 radical (unpaired) electrons. The van der Waals surface area contributed by atoms with Crippen LogP contribution in [0.3, 0.4) is 0 Å². The molecule has 0 bridgehead atoms. The van der Waals surface area contributed by atoms with Crippen LogP contribution in [0, 0.1) is 0 Å². The van der Waals surface area contributed by atoms with Crippen LogP contribution in [0.4, 0.5) is 5.69 Å². The summed E-state index contributed by atoms with van der Waals surface area (Å²) in [6.45, 7) is 4.72. The molecule has 2 atom stereocenters. The van der Waals surface area contributed by atoms with Gasteiger partial charge in [-0.15, -0.1) is 0 Å². The fourth-order valence-corrected chi connectivity index (χ4v) is 2.95. The molecule has 1 aliphatic heterocycles. The highest BCUT2D eigenvalue weighted by molar-refractivity contribution is 5.40. The van der Waals surface area contributed by atoms with Gasteiger partial charge in [0.15, 0.2) is 0 Å². The van der Waals surface area contributed by atoms with E-state index < -0.39 is 0 Å². The Hall–Kier alpha value is -1.84. The van der Waals surface area contributed by atoms with Gasteiger partial charge >= 0.3 is 0 Å². The molecule has 1 saturated heterocycles. The molecule has 3 rings (SSSR count). The fraction of sp³-hybridized carbons (Fsp3) is 0.333. The Bertz CT molecular complexity index is 585. The third kappa shape index (κ3) is 3.43. The van der Waals surface area contributed by atoms with Crippen molar-refractivity contribution in [3.8, 4) is 0 Å². The highest BCUT2D eigenvalue weighted by Crippen LogP contribution is 2.28. The summed E-state index contributed by atoms with van der Waals surface area (Å²) in [6.07, 6.45) is 0.269. The van der Waals surface area contributed by atoms with Gasteiger partial charge in [0.05, 0.1) is 18.8 Å². The summed E-state index contributed by atoms with van der Waals surface area (Å²) in [6, 6.07) is 19.0. The van der Waals surface area contributed by atoms with E-state index in [0.29, 0.717) is 6.04 Å². The van der Waals surface area contributed by atoms with Crippen molar-refractivity contribution in [3.05, 3.63) is 65.7 Å². The van der Waals surface area contributed by atoms with E-state index in [9.17, 15) is 0 Å². The Labute approximate surface area is 126 Å². The molecular formula is C18H22N2O. The van der Waals surface area contributed by atoms with E-state index in [-0.39, 0.29) is 6.10 Å². The lowest BCUT2D eigenvalue weighted by Gasteiger charge is -2.39. The van der Waals surface area contributed by atoms with E-state index in [1.165, 1.54) is 11.1 Å². The van der Waals surface area contributed by atoms with Crippen LogP contribution in [0.2, 0.25) is 0 Å². The van der Waals surface area contributed by atoms with Crippen LogP contribution in [0.15, 0.2) is 54.6 Å². The van der Waals surface area contributed by atoms with E-state index in [1.54, 1.807) is 0 Å². The highest BCUT2D eigenvalue weighted by atomic mass is 16.5. The maximum absolute atomic E-state index is 5.89. The summed E-state index contributed by atoms with van der Waals surface area (Å²) >= 11 is 0. The zero-order valence-corrected chi connectivity index (χ0v) is 12.4. The number of hydrogen-bond donors (Lipinski definition) is 1. The molecule has 2 N–H and O–H groups in total. The van der Waals surface area contributed by atoms with Gasteiger partial charge in [-0.2, -0.15) is 0 Å². The van der Waals surface area contributed by atoms with Gasteiger partial charge in [0.25, 0.3) is 0 Å². The van der Waals surface area contributed by atoms with Gasteiger partial charge in [-0.1, -0.05) is 42.5 Å². The van der Waals surface area contributed by atoms with Gasteiger partial charge in [-0.25, -0.2) is 0 Å². The van der Waals surface area contributed by atoms with Crippen LogP contribution < -0.4 is 5.73 Å². The van der Waals surface area contributed by atoms with Crippen LogP contribution in [0.1, 0.15) is 24.1 Å². The Morgan fingerprint density at radius 2 is 1.95 bits per heavy atom. The molecule has 110 valence electrons. The van der Waals surface area contributed by atoms with Crippen molar-refractivity contribution >= 4 is 5.69 Å². The first kappa shape index (κ1) is 14.1. The molecule has 1 heterocycles. The van der Waals surface area contributed by atoms with E-state index in [4.69, 9.17) is 10.5 Å². The number of anilines is 1. The Balaban J connectivity index is 1.82. The zero-order valence-electron chi connectivity index (χ0n) is 12.4. The molecule has 3 heteroatoms. The lowest BCUT2D eigenvalue weighted by atomic mass is 10.0. The predicted molar refractivity (Wildman–Crippen MR) is 85.9 cm³/mol. The molecule has 0 aliphatic carbocycles. The molecule has 3 nitrogen and oxygen atoms in total. The number of hydrogen-bond acceptors (Lipinski definition) is 3. The minimum absolute atomic E-state index is 0.269. The summed E-state index contributed by atoms with van der Waals surface area (Å²) in [5.41, 5.74) is 9.29. The largest absolute Gasteiger partial charge is 0.399 e. The number of morpholine rings is 1. The first-order chi connectivity index (χ1) is 10.2. The van der Waals surface area contributed by atoms with Gasteiger partial charge in [-0.3, -0.25) is 4.90 Å². The average Bonchev–Trinajstić information content (AvgIpc) is 2.48. The summed E-state index contributed by atoms with van der Waals surface area (Å²) in [5.74, 6) is 0. The zero-order chi connectivity index (χ0) is 14.7. The Kier molecular flexibility index (Phi) is 4.23. The second kappa shape index (κ2) is 6.29. The molecule has 0 amide bonds. The smallest absolute Gasteiger partial charge is 0.0675 e. The number of benzene rings is 2. The highest BCUT2D eigenvalue weighted by Gasteiger charge is 2.27. The van der Waals surface area contributed by atoms with E-state index in [2.05, 4.69) is 54.3 Å². The van der Waals surface area contributed by atoms with Crippen LogP contribution in [0.5, 0.6) is 0 Å². The molecule has 0 spiro atoms. The second-order valence-corrected chi connectivity index (χ2v) is 5.74. The molecular weight excluding hydrogens is 260 g/mol. The number of nitrogens with zero attached hydrogens (tertiary/aromatic N) is 1. The standard InChI is InChI=1S/C18H22N2O/c1-14-11-20(12-15-6-5-9-17(19)10-15)18(13-21-14)16-7-3-2-4-8-16/h2-10,14,18H,11-13,19H2,1H3. The first-order valence-corrected chi connectivity index (χ1v) is 7.47. The van der Waals surface area contributed by atoms with Gasteiger partial charge in [0.1, 0.15) is 0 Å². The number of rotatable bonds is 3. The molecule has 2 unspecified atom stereocenters. The summed E-state index contributed by atoms with van der Waals surface area (Å²) in [5, 5.41) is 0. The maximum atomic E-state index is 5.89. The Morgan fingerprint density at radius 1 is 1.14 bits per heavy atom. The molecule has 2 aromatic rings. The van der Waals surface area contributed by atoms with Crippen molar-refractivity contribution in [3.63, 3.8) is 0 Å². The van der Waals surface area contributed by atoms with Crippen molar-refractivity contribution in [2.45, 2.75) is 25.6 Å². The minimum atomic E-state index is 0.269. The second-order valence-electron chi connectivity index (χ2n) is 5.74. The summed E-state index contributed by atoms with van der Waals surface area (Å²) in [7, 11) is 0. The van der Waals surface area contributed by atoms with Crippen LogP contribution >= 0.6 is 0 Å². The maximum Gasteiger partial charge on any atom is 0.0675 e. The first-order valence-electron chi connectivity index (χ1n) is 7.47. The predicted octanol–water partition coefficient (Wildman–Crippen LogP) is 3.23. The van der Waals surface area contributed by atoms with Gasteiger partial charge < -0.3 is 10.5 Å². The number of nitrogens with two attached hydrogens (primary N) is 1. The average molecular weight is 282 g/mol. The lowest BCUT2D eigenvalue weighted by molar-refractivity contribution is -0.0597. The van der Waals surface area contributed by atoms with E-state index in [0.717, 1.165) is 25.4 Å². The number of ether oxygens (including phenoxy) is 1. The number of nitrogen functional groups attached to an aromatic ring is 1. The molecule has 0 aromatic heterocycles. The monoisotopic (exact) mass is 282 g/mol. The molecule has 0 saturated carbocycles. The normalized spacial score (nSPS) is 23.1. The minimum Gasteiger partial charge on any atom is -0.399 e. The van der Waals surface area contributed by atoms with Gasteiger partial charge in [-0.05, 0) is 30.2 Å². The van der Waals surface area contributed by atoms with Crippen LogP contribution in [-0.4, -0.2) is 24.2 Å². The molecule has 21 heavy (non-hydrogen) atoms. The summed E-state index contributed by atoms with van der Waals surface area (Å²) < 4.78 is 5.87. The third-order valence-corrected chi connectivity index (χ3v) is 3.99. The summed E-state index contributed by atoms with van der Waals surface area (Å²) in [4.78, 5) is 2.48. The van der Waals surface area contributed by atoms with Crippen molar-refractivity contribution in [1.82, 2.24) is 4.90 Å². The van der Waals surface area contributed by atoms with Crippen molar-refractivity contribution in [2.75, 3.05) is 18.9 Å². The molecule has 2 aromatic carbocycles. The fourth-order valence-electron chi connectivity index (χ4n) is 2.95. The van der Waals surface area contributed by atoms with Crippen molar-refractivity contribution in [2.24, 2.45) is 0 Å². The third-order valence-electron chi connectivity index (χ3n) is 3.99. The SMILES string of the molecule is CC1CN(Cc2cccc(N)c2)C(c2ccccc2)CO1. The molecule has 1 fully saturated rings. The lowest BCUT2D eigenvalue weighted by Crippen LogP contribution is -2.43. The van der Waals surface area contributed by atoms with E-state index in [1.807, 2.05) is 12.1 Å². The topological polar surface area (TPSA) is 38.5 Å². The van der Waals surface area contributed by atoms with Crippen molar-refractivity contribution < 1.29 is 4.74 Å². The Morgan fingerprint density at radius 3 is 2.71 bits per heavy atom. The van der Waals surface area contributed by atoms with Gasteiger partial charge in [0, 0.05) is 18.8 Å². The van der Waals surface area contributed by atoms with Crippen molar-refractivity contribution in [1.29, 1.82) is 0 Å². The van der Waals surface area contributed by atoms with Crippen LogP contribution in [0.25, 0.3) is 0 Å². The quantitative estimate of drug-likeness (QED) is 0.878. The van der Waals surface area contributed by atoms with E-state index >= 15 is 0 Å². The van der Waals surface area contributed by atoms with Gasteiger partial charge in [0.2, 0.25) is 0 Å². The molecule has 1 aliphatic rings.